The van der Waals surface area contributed by atoms with E-state index in [1.165, 1.54) is 0 Å². The highest BCUT2D eigenvalue weighted by atomic mass is 19.4. The Kier molecular flexibility index (Phi) is 4.37. The number of rotatable bonds is 3. The molecule has 1 aromatic heterocycles. The van der Waals surface area contributed by atoms with E-state index in [0.717, 1.165) is 25.0 Å². The van der Waals surface area contributed by atoms with Gasteiger partial charge in [-0.15, -0.1) is 0 Å². The summed E-state index contributed by atoms with van der Waals surface area (Å²) < 4.78 is 44.0. The summed E-state index contributed by atoms with van der Waals surface area (Å²) in [4.78, 5) is 6.02. The Labute approximate surface area is 115 Å². The van der Waals surface area contributed by atoms with Gasteiger partial charge in [0.05, 0.1) is 5.56 Å². The number of ether oxygens (including phenoxy) is 1. The first-order valence-corrected chi connectivity index (χ1v) is 6.49. The monoisotopic (exact) mass is 289 g/mol. The van der Waals surface area contributed by atoms with Gasteiger partial charge in [-0.2, -0.15) is 13.2 Å². The summed E-state index contributed by atoms with van der Waals surface area (Å²) in [6, 6.07) is 2.27. The fraction of sp³-hybridized carbons (Fsp3) is 0.615. The van der Waals surface area contributed by atoms with Crippen molar-refractivity contribution in [2.24, 2.45) is 0 Å². The van der Waals surface area contributed by atoms with Gasteiger partial charge < -0.3 is 15.0 Å². The van der Waals surface area contributed by atoms with E-state index in [1.807, 2.05) is 0 Å². The number of halogens is 3. The van der Waals surface area contributed by atoms with Crippen molar-refractivity contribution in [1.29, 1.82) is 0 Å². The van der Waals surface area contributed by atoms with E-state index in [-0.39, 0.29) is 11.9 Å². The van der Waals surface area contributed by atoms with Crippen LogP contribution in [-0.2, 0) is 10.9 Å². The standard InChI is InChI=1S/C13H18F3N3O/c1-17-11-7-9(13(14,15)16)8-12(18-11)19(2)10-3-5-20-6-4-10/h7-8,10H,3-6H2,1-2H3,(H,17,18). The Morgan fingerprint density at radius 3 is 2.50 bits per heavy atom. The summed E-state index contributed by atoms with van der Waals surface area (Å²) in [6.45, 7) is 1.26. The lowest BCUT2D eigenvalue weighted by Gasteiger charge is -2.32. The van der Waals surface area contributed by atoms with Crippen molar-refractivity contribution in [3.63, 3.8) is 0 Å². The van der Waals surface area contributed by atoms with Crippen molar-refractivity contribution in [3.05, 3.63) is 17.7 Å². The van der Waals surface area contributed by atoms with E-state index in [1.54, 1.807) is 19.0 Å². The average Bonchev–Trinajstić information content (AvgIpc) is 2.46. The van der Waals surface area contributed by atoms with Gasteiger partial charge in [-0.1, -0.05) is 0 Å². The second-order valence-electron chi connectivity index (χ2n) is 4.80. The van der Waals surface area contributed by atoms with Gasteiger partial charge in [0.25, 0.3) is 0 Å². The lowest BCUT2D eigenvalue weighted by molar-refractivity contribution is -0.137. The van der Waals surface area contributed by atoms with Crippen LogP contribution in [0.2, 0.25) is 0 Å². The molecule has 7 heteroatoms. The predicted molar refractivity (Wildman–Crippen MR) is 71.0 cm³/mol. The zero-order valence-corrected chi connectivity index (χ0v) is 11.5. The normalized spacial score (nSPS) is 17.1. The Morgan fingerprint density at radius 2 is 1.95 bits per heavy atom. The Bertz CT molecular complexity index is 459. The molecule has 1 aliphatic rings. The van der Waals surface area contributed by atoms with Crippen molar-refractivity contribution in [1.82, 2.24) is 4.98 Å². The molecule has 0 atom stereocenters. The maximum absolute atomic E-state index is 12.9. The van der Waals surface area contributed by atoms with Crippen LogP contribution in [0.25, 0.3) is 0 Å². The van der Waals surface area contributed by atoms with E-state index < -0.39 is 11.7 Å². The third-order valence-electron chi connectivity index (χ3n) is 3.50. The van der Waals surface area contributed by atoms with Gasteiger partial charge in [0.2, 0.25) is 0 Å². The zero-order valence-electron chi connectivity index (χ0n) is 11.5. The molecule has 0 aromatic carbocycles. The summed E-state index contributed by atoms with van der Waals surface area (Å²) >= 11 is 0. The third-order valence-corrected chi connectivity index (χ3v) is 3.50. The van der Waals surface area contributed by atoms with E-state index in [9.17, 15) is 13.2 Å². The number of alkyl halides is 3. The van der Waals surface area contributed by atoms with Crippen molar-refractivity contribution in [2.75, 3.05) is 37.5 Å². The van der Waals surface area contributed by atoms with E-state index >= 15 is 0 Å². The molecule has 1 aliphatic heterocycles. The SMILES string of the molecule is CNc1cc(C(F)(F)F)cc(N(C)C2CCOCC2)n1. The molecule has 0 aliphatic carbocycles. The highest BCUT2D eigenvalue weighted by Crippen LogP contribution is 2.33. The molecule has 0 spiro atoms. The van der Waals surface area contributed by atoms with Gasteiger partial charge in [-0.3, -0.25) is 0 Å². The van der Waals surface area contributed by atoms with Crippen molar-refractivity contribution >= 4 is 11.6 Å². The summed E-state index contributed by atoms with van der Waals surface area (Å²) in [5.41, 5.74) is -0.689. The van der Waals surface area contributed by atoms with Gasteiger partial charge in [0.1, 0.15) is 11.6 Å². The maximum Gasteiger partial charge on any atom is 0.416 e. The van der Waals surface area contributed by atoms with Crippen LogP contribution in [0.5, 0.6) is 0 Å². The molecule has 2 rings (SSSR count). The smallest absolute Gasteiger partial charge is 0.381 e. The van der Waals surface area contributed by atoms with Gasteiger partial charge in [-0.25, -0.2) is 4.98 Å². The summed E-state index contributed by atoms with van der Waals surface area (Å²) in [5.74, 6) is 0.546. The lowest BCUT2D eigenvalue weighted by Crippen LogP contribution is -2.37. The van der Waals surface area contributed by atoms with Crippen LogP contribution in [0.4, 0.5) is 24.8 Å². The van der Waals surface area contributed by atoms with Crippen molar-refractivity contribution < 1.29 is 17.9 Å². The van der Waals surface area contributed by atoms with Gasteiger partial charge in [0, 0.05) is 33.4 Å². The molecule has 1 aromatic rings. The first-order valence-electron chi connectivity index (χ1n) is 6.49. The van der Waals surface area contributed by atoms with Gasteiger partial charge in [0.15, 0.2) is 0 Å². The van der Waals surface area contributed by atoms with Crippen LogP contribution >= 0.6 is 0 Å². The molecule has 0 unspecified atom stereocenters. The highest BCUT2D eigenvalue weighted by molar-refractivity contribution is 5.51. The van der Waals surface area contributed by atoms with Crippen LogP contribution in [0.15, 0.2) is 12.1 Å². The Balaban J connectivity index is 2.29. The highest BCUT2D eigenvalue weighted by Gasteiger charge is 2.32. The van der Waals surface area contributed by atoms with E-state index in [0.29, 0.717) is 19.0 Å². The minimum Gasteiger partial charge on any atom is -0.381 e. The first-order chi connectivity index (χ1) is 9.41. The minimum absolute atomic E-state index is 0.157. The average molecular weight is 289 g/mol. The van der Waals surface area contributed by atoms with Crippen LogP contribution in [0.3, 0.4) is 0 Å². The molecular formula is C13H18F3N3O. The quantitative estimate of drug-likeness (QED) is 0.928. The van der Waals surface area contributed by atoms with Gasteiger partial charge in [-0.05, 0) is 25.0 Å². The Morgan fingerprint density at radius 1 is 1.30 bits per heavy atom. The molecule has 1 N–H and O–H groups in total. The number of nitrogens with one attached hydrogen (secondary N) is 1. The fourth-order valence-corrected chi connectivity index (χ4v) is 2.25. The molecule has 0 saturated carbocycles. The largest absolute Gasteiger partial charge is 0.416 e. The van der Waals surface area contributed by atoms with E-state index in [2.05, 4.69) is 10.3 Å². The van der Waals surface area contributed by atoms with Crippen molar-refractivity contribution in [2.45, 2.75) is 25.1 Å². The number of nitrogens with zero attached hydrogens (tertiary/aromatic N) is 2. The lowest BCUT2D eigenvalue weighted by atomic mass is 10.1. The van der Waals surface area contributed by atoms with Crippen molar-refractivity contribution in [3.8, 4) is 0 Å². The number of hydrogen-bond donors (Lipinski definition) is 1. The molecule has 0 bridgehead atoms. The number of hydrogen-bond acceptors (Lipinski definition) is 4. The van der Waals surface area contributed by atoms with Crippen LogP contribution in [0.1, 0.15) is 18.4 Å². The van der Waals surface area contributed by atoms with Crippen LogP contribution in [-0.4, -0.2) is 38.3 Å². The summed E-state index contributed by atoms with van der Waals surface area (Å²) in [5, 5.41) is 2.68. The molecule has 1 fully saturated rings. The summed E-state index contributed by atoms with van der Waals surface area (Å²) in [7, 11) is 3.33. The molecule has 1 saturated heterocycles. The first kappa shape index (κ1) is 14.9. The molecular weight excluding hydrogens is 271 g/mol. The van der Waals surface area contributed by atoms with Crippen LogP contribution in [0, 0.1) is 0 Å². The maximum atomic E-state index is 12.9. The molecule has 2 heterocycles. The second kappa shape index (κ2) is 5.87. The minimum atomic E-state index is -4.38. The zero-order chi connectivity index (χ0) is 14.8. The molecule has 112 valence electrons. The van der Waals surface area contributed by atoms with Crippen LogP contribution < -0.4 is 10.2 Å². The Hall–Kier alpha value is -1.50. The predicted octanol–water partition coefficient (Wildman–Crippen LogP) is 2.76. The van der Waals surface area contributed by atoms with E-state index in [4.69, 9.17) is 4.74 Å². The third kappa shape index (κ3) is 3.33. The molecule has 0 amide bonds. The van der Waals surface area contributed by atoms with Gasteiger partial charge >= 0.3 is 6.18 Å². The summed E-state index contributed by atoms with van der Waals surface area (Å²) in [6.07, 6.45) is -2.79. The number of aromatic nitrogens is 1. The molecule has 4 nitrogen and oxygen atoms in total. The topological polar surface area (TPSA) is 37.4 Å². The number of pyridine rings is 1. The number of anilines is 2. The molecule has 0 radical (unpaired) electrons. The fourth-order valence-electron chi connectivity index (χ4n) is 2.25. The molecule has 20 heavy (non-hydrogen) atoms. The second-order valence-corrected chi connectivity index (χ2v) is 4.80.